The van der Waals surface area contributed by atoms with E-state index in [-0.39, 0.29) is 6.61 Å². The highest BCUT2D eigenvalue weighted by Gasteiger charge is 2.36. The summed E-state index contributed by atoms with van der Waals surface area (Å²) in [4.78, 5) is 25.7. The quantitative estimate of drug-likeness (QED) is 0.0636. The van der Waals surface area contributed by atoms with E-state index in [9.17, 15) is 30.6 Å². The van der Waals surface area contributed by atoms with E-state index in [0.29, 0.717) is 49.4 Å². The minimum Gasteiger partial charge on any atom is -0.392 e. The highest BCUT2D eigenvalue weighted by molar-refractivity contribution is 6.31. The topological polar surface area (TPSA) is 206 Å². The number of halogens is 2. The van der Waals surface area contributed by atoms with Crippen LogP contribution in [0.4, 0.5) is 0 Å². The Balaban J connectivity index is 0.000000123. The summed E-state index contributed by atoms with van der Waals surface area (Å²) in [5, 5.41) is 71.2. The number of likely N-dealkylation sites (N-methyl/N-ethyl adjacent to an activating group) is 4. The molecule has 4 aromatic carbocycles. The summed E-state index contributed by atoms with van der Waals surface area (Å²) in [6.07, 6.45) is 15.3. The van der Waals surface area contributed by atoms with Crippen LogP contribution in [0, 0.1) is 20.8 Å². The molecule has 6 atom stereocenters. The molecule has 0 fully saturated rings. The molecular formula is C84H98Cl2N12O6. The summed E-state index contributed by atoms with van der Waals surface area (Å²) in [6.45, 7) is 22.0. The summed E-state index contributed by atoms with van der Waals surface area (Å²) in [7, 11) is 8.48. The summed E-state index contributed by atoms with van der Waals surface area (Å²) in [5.74, 6) is 0. The van der Waals surface area contributed by atoms with Gasteiger partial charge in [-0.25, -0.2) is 0 Å². The molecule has 0 saturated carbocycles. The van der Waals surface area contributed by atoms with Gasteiger partial charge in [0, 0.05) is 208 Å². The molecule has 12 aromatic rings. The summed E-state index contributed by atoms with van der Waals surface area (Å²) in [5.41, 5.74) is 19.0. The van der Waals surface area contributed by atoms with E-state index in [1.54, 1.807) is 62.6 Å². The van der Waals surface area contributed by atoms with Gasteiger partial charge in [-0.3, -0.25) is 29.7 Å². The fraction of sp³-hybridized carbons (Fsp3) is 0.381. The van der Waals surface area contributed by atoms with Gasteiger partial charge in [0.2, 0.25) is 0 Å². The largest absolute Gasteiger partial charge is 0.392 e. The molecule has 0 spiro atoms. The van der Waals surface area contributed by atoms with E-state index in [1.165, 1.54) is 61.2 Å². The highest BCUT2D eigenvalue weighted by Crippen LogP contribution is 2.42. The lowest BCUT2D eigenvalue weighted by Gasteiger charge is -2.32. The molecule has 104 heavy (non-hydrogen) atoms. The van der Waals surface area contributed by atoms with Gasteiger partial charge in [-0.1, -0.05) is 64.7 Å². The van der Waals surface area contributed by atoms with Crippen molar-refractivity contribution in [3.63, 3.8) is 0 Å². The third-order valence-corrected chi connectivity index (χ3v) is 22.5. The number of fused-ring (bicyclic) bond motifs is 12. The molecular weight excluding hydrogens is 1340 g/mol. The molecule has 16 rings (SSSR count). The third-order valence-electron chi connectivity index (χ3n) is 22.0. The lowest BCUT2D eigenvalue weighted by Crippen LogP contribution is -2.36. The van der Waals surface area contributed by atoms with E-state index in [0.717, 1.165) is 130 Å². The molecule has 20 heteroatoms. The Morgan fingerprint density at radius 3 is 1.67 bits per heavy atom. The Hall–Kier alpha value is -8.18. The zero-order valence-corrected chi connectivity index (χ0v) is 63.2. The van der Waals surface area contributed by atoms with Crippen molar-refractivity contribution in [3.8, 4) is 0 Å². The van der Waals surface area contributed by atoms with Crippen molar-refractivity contribution in [2.24, 2.45) is 0 Å². The van der Waals surface area contributed by atoms with Crippen molar-refractivity contribution in [1.29, 1.82) is 0 Å². The Labute approximate surface area is 619 Å². The van der Waals surface area contributed by atoms with Gasteiger partial charge in [0.1, 0.15) is 22.9 Å². The fourth-order valence-corrected chi connectivity index (χ4v) is 16.7. The first kappa shape index (κ1) is 74.1. The van der Waals surface area contributed by atoms with Gasteiger partial charge in [-0.2, -0.15) is 0 Å². The monoisotopic (exact) mass is 1440 g/mol. The normalized spacial score (nSPS) is 18.4. The minimum absolute atomic E-state index is 0.0379. The number of pyridine rings is 4. The smallest absolute Gasteiger partial charge is 0.108 e. The van der Waals surface area contributed by atoms with Gasteiger partial charge in [0.25, 0.3) is 0 Å². The second-order valence-corrected chi connectivity index (χ2v) is 31.1. The van der Waals surface area contributed by atoms with Crippen molar-refractivity contribution in [2.45, 2.75) is 162 Å². The summed E-state index contributed by atoms with van der Waals surface area (Å²) in [6, 6.07) is 36.6. The average Bonchev–Trinajstić information content (AvgIpc) is 1.62. The van der Waals surface area contributed by atoms with E-state index in [2.05, 4.69) is 160 Å². The maximum Gasteiger partial charge on any atom is 0.108 e. The maximum absolute atomic E-state index is 11.3. The molecule has 544 valence electrons. The Morgan fingerprint density at radius 2 is 1.06 bits per heavy atom. The highest BCUT2D eigenvalue weighted by atomic mass is 35.5. The molecule has 8 aromatic heterocycles. The molecule has 6 unspecified atom stereocenters. The fourth-order valence-electron chi connectivity index (χ4n) is 16.2. The van der Waals surface area contributed by atoms with Crippen LogP contribution in [0.2, 0.25) is 10.0 Å². The molecule has 0 saturated heterocycles. The number of β-amino-alcohol motifs (C(OH)–C–C–N with tert-alkyl or cyclic N) is 1. The molecule has 0 amide bonds. The van der Waals surface area contributed by atoms with Gasteiger partial charge >= 0.3 is 0 Å². The van der Waals surface area contributed by atoms with Crippen LogP contribution in [0.25, 0.3) is 43.6 Å². The van der Waals surface area contributed by atoms with Gasteiger partial charge in [-0.15, -0.1) is 0 Å². The number of rotatable bonds is 13. The number of benzene rings is 4. The first-order valence-electron chi connectivity index (χ1n) is 36.0. The van der Waals surface area contributed by atoms with Gasteiger partial charge in [0.05, 0.1) is 44.6 Å². The van der Waals surface area contributed by atoms with Gasteiger partial charge in [0.15, 0.2) is 0 Å². The number of nitrogens with zero attached hydrogens (tertiary/aromatic N) is 12. The summed E-state index contributed by atoms with van der Waals surface area (Å²) >= 11 is 12.6. The molecule has 0 radical (unpaired) electrons. The minimum atomic E-state index is -1.10. The molecule has 0 aliphatic carbocycles. The van der Waals surface area contributed by atoms with E-state index in [4.69, 9.17) is 23.2 Å². The Morgan fingerprint density at radius 1 is 0.538 bits per heavy atom. The molecule has 6 N–H and O–H groups in total. The van der Waals surface area contributed by atoms with Crippen LogP contribution in [-0.4, -0.2) is 142 Å². The molecule has 12 heterocycles. The standard InChI is InChI=1S/2C21H24ClN3O.2C21H25N3O2/c1-14-4-5-19-15(10-14)16-12-24(3)9-7-20(16)25(19)13-21(2,26)17-11-23-8-6-18(17)22;1-14-9-20-18(12-24(14)3)17-10-16(22)6-7-19(17)25(20)13-21(2,26)15-5-4-8-23-11-15;1-14-6-7-18-16(9-14)17-11-23(3)12-19(25)20(17)24(18)13-21(2,26)15-5-4-8-22-10-15;1-14-3-4-19-21(17(14)13-25)16-11-23(2)10-7-18(16)24(19)12-20(26)15-5-8-22-9-6-15/h4-6,8,10-11,26H,7,9,12-13H2,1-3H3;4-8,10-11,14,26H,9,12-13H2,1-3H3;4-10,19,25-26H,11-13H2,1-3H3;3-6,8-9,20,25-26H,7,10-13H2,1-2H3. The van der Waals surface area contributed by atoms with E-state index in [1.807, 2.05) is 70.3 Å². The zero-order valence-electron chi connectivity index (χ0n) is 61.7. The number of aliphatic hydroxyl groups excluding tert-OH is 3. The molecule has 4 aliphatic rings. The van der Waals surface area contributed by atoms with Crippen molar-refractivity contribution < 1.29 is 30.6 Å². The predicted octanol–water partition coefficient (Wildman–Crippen LogP) is 13.2. The van der Waals surface area contributed by atoms with Crippen molar-refractivity contribution in [3.05, 3.63) is 258 Å². The van der Waals surface area contributed by atoms with Crippen molar-refractivity contribution in [1.82, 2.24) is 57.8 Å². The Kier molecular flexibility index (Phi) is 21.6. The van der Waals surface area contributed by atoms with Crippen LogP contribution in [0.5, 0.6) is 0 Å². The SMILES string of the molecule is CC1Cc2c(c3cc(Cl)ccc3n2CC(C)(O)c2cccnc2)CN1C.Cc1ccc2c(c1)c1c(n2CC(C)(O)c2cccnc2)C(O)CN(C)C1.Cc1ccc2c(c1)c1c(n2CC(C)(O)c2cnccc2Cl)CCN(C)C1.Cc1ccc2c(c1CO)c1c(n2CC(O)c2ccncc2)CCN(C)C1. The van der Waals surface area contributed by atoms with Crippen molar-refractivity contribution in [2.75, 3.05) is 47.8 Å². The van der Waals surface area contributed by atoms with E-state index < -0.39 is 29.0 Å². The van der Waals surface area contributed by atoms with Gasteiger partial charge < -0.3 is 58.7 Å². The molecule has 4 aliphatic heterocycles. The number of hydrogen-bond acceptors (Lipinski definition) is 14. The first-order valence-corrected chi connectivity index (χ1v) is 36.8. The lowest BCUT2D eigenvalue weighted by atomic mass is 9.96. The van der Waals surface area contributed by atoms with Crippen LogP contribution in [-0.2, 0) is 95.0 Å². The second kappa shape index (κ2) is 30.4. The summed E-state index contributed by atoms with van der Waals surface area (Å²) < 4.78 is 8.90. The predicted molar refractivity (Wildman–Crippen MR) is 415 cm³/mol. The maximum atomic E-state index is 11.3. The second-order valence-electron chi connectivity index (χ2n) is 30.2. The van der Waals surface area contributed by atoms with Crippen LogP contribution >= 0.6 is 23.2 Å². The number of aliphatic hydroxyl groups is 6. The van der Waals surface area contributed by atoms with Crippen LogP contribution < -0.4 is 0 Å². The first-order chi connectivity index (χ1) is 49.7. The lowest BCUT2D eigenvalue weighted by molar-refractivity contribution is 0.0333. The third kappa shape index (κ3) is 15.0. The zero-order chi connectivity index (χ0) is 73.7. The number of aromatic nitrogens is 8. The number of aryl methyl sites for hydroxylation is 3. The van der Waals surface area contributed by atoms with Crippen LogP contribution in [0.1, 0.15) is 129 Å². The molecule has 18 nitrogen and oxygen atoms in total. The van der Waals surface area contributed by atoms with E-state index >= 15 is 0 Å². The molecule has 0 bridgehead atoms. The average molecular weight is 1440 g/mol. The van der Waals surface area contributed by atoms with Gasteiger partial charge in [-0.05, 0) is 194 Å². The number of hydrogen-bond donors (Lipinski definition) is 6. The van der Waals surface area contributed by atoms with Crippen LogP contribution in [0.15, 0.2) is 159 Å². The van der Waals surface area contributed by atoms with Crippen LogP contribution in [0.3, 0.4) is 0 Å². The Bertz CT molecular complexity index is 5070. The van der Waals surface area contributed by atoms with Crippen molar-refractivity contribution >= 4 is 66.8 Å².